The Hall–Kier alpha value is -1.88. The van der Waals surface area contributed by atoms with Gasteiger partial charge in [0.15, 0.2) is 0 Å². The first kappa shape index (κ1) is 12.6. The molecule has 94 valence electrons. The van der Waals surface area contributed by atoms with Gasteiger partial charge >= 0.3 is 0 Å². The zero-order valence-electron chi connectivity index (χ0n) is 10.3. The van der Waals surface area contributed by atoms with Gasteiger partial charge in [-0.25, -0.2) is 0 Å². The summed E-state index contributed by atoms with van der Waals surface area (Å²) in [7, 11) is 1.63. The number of thiazole rings is 1. The Morgan fingerprint density at radius 2 is 2.06 bits per heavy atom. The normalized spacial score (nSPS) is 11.9. The van der Waals surface area contributed by atoms with Gasteiger partial charge in [-0.3, -0.25) is 9.78 Å². The number of nitrogens with zero attached hydrogens (tertiary/aromatic N) is 1. The van der Waals surface area contributed by atoms with Crippen molar-refractivity contribution in [2.75, 3.05) is 12.4 Å². The molecule has 1 amide bonds. The lowest BCUT2D eigenvalue weighted by Crippen LogP contribution is -2.17. The Balaban J connectivity index is 2.04. The van der Waals surface area contributed by atoms with Crippen molar-refractivity contribution in [1.82, 2.24) is 10.3 Å². The molecule has 0 saturated carbocycles. The molecule has 2 rings (SSSR count). The number of rotatable bonds is 4. The molecule has 1 unspecified atom stereocenters. The molecule has 0 aliphatic heterocycles. The van der Waals surface area contributed by atoms with Crippen LogP contribution in [0, 0.1) is 0 Å². The SMILES string of the molecule is CNC(=O)c1ccc(NC(C)c2cncs2)cc1. The van der Waals surface area contributed by atoms with Gasteiger partial charge in [0, 0.05) is 29.4 Å². The van der Waals surface area contributed by atoms with Crippen molar-refractivity contribution in [2.24, 2.45) is 0 Å². The topological polar surface area (TPSA) is 54.0 Å². The highest BCUT2D eigenvalue weighted by atomic mass is 32.1. The first-order chi connectivity index (χ1) is 8.70. The highest BCUT2D eigenvalue weighted by molar-refractivity contribution is 7.09. The lowest BCUT2D eigenvalue weighted by Gasteiger charge is -2.13. The fraction of sp³-hybridized carbons (Fsp3) is 0.231. The van der Waals surface area contributed by atoms with Gasteiger partial charge in [0.2, 0.25) is 0 Å². The van der Waals surface area contributed by atoms with Crippen LogP contribution in [-0.2, 0) is 0 Å². The highest BCUT2D eigenvalue weighted by Crippen LogP contribution is 2.22. The van der Waals surface area contributed by atoms with Crippen molar-refractivity contribution in [3.63, 3.8) is 0 Å². The molecule has 5 heteroatoms. The largest absolute Gasteiger partial charge is 0.378 e. The molecule has 0 fully saturated rings. The maximum Gasteiger partial charge on any atom is 0.251 e. The smallest absolute Gasteiger partial charge is 0.251 e. The predicted octanol–water partition coefficient (Wildman–Crippen LogP) is 2.68. The summed E-state index contributed by atoms with van der Waals surface area (Å²) < 4.78 is 0. The molecule has 0 saturated heterocycles. The van der Waals surface area contributed by atoms with Gasteiger partial charge < -0.3 is 10.6 Å². The van der Waals surface area contributed by atoms with Crippen LogP contribution in [0.1, 0.15) is 28.2 Å². The van der Waals surface area contributed by atoms with Gasteiger partial charge in [-0.15, -0.1) is 11.3 Å². The number of hydrogen-bond donors (Lipinski definition) is 2. The molecule has 2 N–H and O–H groups in total. The maximum absolute atomic E-state index is 11.4. The van der Waals surface area contributed by atoms with E-state index >= 15 is 0 Å². The summed E-state index contributed by atoms with van der Waals surface area (Å²) in [5.74, 6) is -0.0722. The van der Waals surface area contributed by atoms with Crippen LogP contribution in [0.3, 0.4) is 0 Å². The van der Waals surface area contributed by atoms with Gasteiger partial charge in [0.1, 0.15) is 0 Å². The minimum Gasteiger partial charge on any atom is -0.378 e. The summed E-state index contributed by atoms with van der Waals surface area (Å²) in [6.07, 6.45) is 1.86. The molecule has 0 aliphatic rings. The van der Waals surface area contributed by atoms with Crippen LogP contribution >= 0.6 is 11.3 Å². The zero-order valence-corrected chi connectivity index (χ0v) is 11.1. The van der Waals surface area contributed by atoms with E-state index in [9.17, 15) is 4.79 Å². The second-order valence-electron chi connectivity index (χ2n) is 3.93. The molecular formula is C13H15N3OS. The van der Waals surface area contributed by atoms with Crippen LogP contribution in [0.25, 0.3) is 0 Å². The Kier molecular flexibility index (Phi) is 3.94. The van der Waals surface area contributed by atoms with Crippen LogP contribution in [0.2, 0.25) is 0 Å². The van der Waals surface area contributed by atoms with E-state index in [-0.39, 0.29) is 11.9 Å². The van der Waals surface area contributed by atoms with Gasteiger partial charge in [-0.1, -0.05) is 0 Å². The Labute approximate surface area is 110 Å². The molecule has 0 aliphatic carbocycles. The quantitative estimate of drug-likeness (QED) is 0.889. The predicted molar refractivity (Wildman–Crippen MR) is 74.0 cm³/mol. The second-order valence-corrected chi connectivity index (χ2v) is 4.84. The van der Waals surface area contributed by atoms with Crippen molar-refractivity contribution in [3.05, 3.63) is 46.4 Å². The molecule has 0 radical (unpaired) electrons. The molecule has 2 aromatic rings. The summed E-state index contributed by atoms with van der Waals surface area (Å²) in [5, 5.41) is 5.97. The van der Waals surface area contributed by atoms with E-state index in [1.807, 2.05) is 23.8 Å². The Morgan fingerprint density at radius 3 is 2.61 bits per heavy atom. The third-order valence-corrected chi connectivity index (χ3v) is 3.59. The van der Waals surface area contributed by atoms with Gasteiger partial charge in [0.05, 0.1) is 11.6 Å². The molecular weight excluding hydrogens is 246 g/mol. The average molecular weight is 261 g/mol. The van der Waals surface area contributed by atoms with E-state index in [4.69, 9.17) is 0 Å². The summed E-state index contributed by atoms with van der Waals surface area (Å²) in [4.78, 5) is 16.6. The summed E-state index contributed by atoms with van der Waals surface area (Å²) in [6.45, 7) is 2.08. The first-order valence-corrected chi connectivity index (χ1v) is 6.55. The highest BCUT2D eigenvalue weighted by Gasteiger charge is 2.07. The van der Waals surface area contributed by atoms with Crippen LogP contribution in [0.5, 0.6) is 0 Å². The summed E-state index contributed by atoms with van der Waals surface area (Å²) >= 11 is 1.62. The van der Waals surface area contributed by atoms with Crippen molar-refractivity contribution >= 4 is 22.9 Å². The second kappa shape index (κ2) is 5.64. The fourth-order valence-corrected chi connectivity index (χ4v) is 2.25. The third-order valence-electron chi connectivity index (χ3n) is 2.64. The number of aromatic nitrogens is 1. The molecule has 1 atom stereocenters. The van der Waals surface area contributed by atoms with Gasteiger partial charge in [-0.05, 0) is 31.2 Å². The molecule has 18 heavy (non-hydrogen) atoms. The van der Waals surface area contributed by atoms with Gasteiger partial charge in [-0.2, -0.15) is 0 Å². The van der Waals surface area contributed by atoms with Crippen LogP contribution in [0.4, 0.5) is 5.69 Å². The molecule has 1 heterocycles. The average Bonchev–Trinajstić information content (AvgIpc) is 2.92. The van der Waals surface area contributed by atoms with Crippen LogP contribution < -0.4 is 10.6 Å². The molecule has 4 nitrogen and oxygen atoms in total. The van der Waals surface area contributed by atoms with Crippen molar-refractivity contribution in [1.29, 1.82) is 0 Å². The molecule has 1 aromatic heterocycles. The zero-order chi connectivity index (χ0) is 13.0. The van der Waals surface area contributed by atoms with E-state index in [2.05, 4.69) is 22.5 Å². The molecule has 1 aromatic carbocycles. The number of amides is 1. The standard InChI is InChI=1S/C13H15N3OS/c1-9(12-7-15-8-18-12)16-11-5-3-10(4-6-11)13(17)14-2/h3-9,16H,1-2H3,(H,14,17). The lowest BCUT2D eigenvalue weighted by atomic mass is 10.2. The number of carbonyl (C=O) groups excluding carboxylic acids is 1. The van der Waals surface area contributed by atoms with Crippen molar-refractivity contribution in [2.45, 2.75) is 13.0 Å². The number of benzene rings is 1. The van der Waals surface area contributed by atoms with E-state index in [0.29, 0.717) is 5.56 Å². The number of hydrogen-bond acceptors (Lipinski definition) is 4. The Morgan fingerprint density at radius 1 is 1.33 bits per heavy atom. The van der Waals surface area contributed by atoms with E-state index in [0.717, 1.165) is 5.69 Å². The summed E-state index contributed by atoms with van der Waals surface area (Å²) in [5.41, 5.74) is 3.47. The molecule has 0 bridgehead atoms. The van der Waals surface area contributed by atoms with E-state index in [1.165, 1.54) is 4.88 Å². The maximum atomic E-state index is 11.4. The van der Waals surface area contributed by atoms with Gasteiger partial charge in [0.25, 0.3) is 5.91 Å². The number of anilines is 1. The van der Waals surface area contributed by atoms with E-state index in [1.54, 1.807) is 30.5 Å². The van der Waals surface area contributed by atoms with Crippen molar-refractivity contribution < 1.29 is 4.79 Å². The third kappa shape index (κ3) is 2.87. The van der Waals surface area contributed by atoms with E-state index < -0.39 is 0 Å². The monoisotopic (exact) mass is 261 g/mol. The molecule has 0 spiro atoms. The van der Waals surface area contributed by atoms with Crippen LogP contribution in [0.15, 0.2) is 36.0 Å². The summed E-state index contributed by atoms with van der Waals surface area (Å²) in [6, 6.07) is 7.63. The Bertz CT molecular complexity index is 508. The van der Waals surface area contributed by atoms with Crippen molar-refractivity contribution in [3.8, 4) is 0 Å². The lowest BCUT2D eigenvalue weighted by molar-refractivity contribution is 0.0963. The minimum absolute atomic E-state index is 0.0722. The first-order valence-electron chi connectivity index (χ1n) is 5.68. The minimum atomic E-state index is -0.0722. The fourth-order valence-electron chi connectivity index (χ4n) is 1.62. The number of nitrogens with one attached hydrogen (secondary N) is 2. The van der Waals surface area contributed by atoms with Crippen LogP contribution in [-0.4, -0.2) is 17.9 Å². The number of carbonyl (C=O) groups is 1.